The molecule has 116 valence electrons. The standard InChI is InChI=1S/C18H28N2O/c1-19-12-5-7-16(19)11-13-20(17-9-10-17)14-15-6-3-4-8-18(15)21-2/h3-4,6,8,16-17H,5,7,9-14H2,1-2H3/t16-/m0/s1. The number of likely N-dealkylation sites (tertiary alicyclic amines) is 1. The maximum atomic E-state index is 5.51. The first-order valence-electron chi connectivity index (χ1n) is 8.34. The summed E-state index contributed by atoms with van der Waals surface area (Å²) in [6.07, 6.45) is 6.80. The molecule has 1 aromatic rings. The summed E-state index contributed by atoms with van der Waals surface area (Å²) in [5.74, 6) is 1.03. The lowest BCUT2D eigenvalue weighted by Crippen LogP contribution is -2.33. The average Bonchev–Trinajstić information content (AvgIpc) is 3.27. The van der Waals surface area contributed by atoms with E-state index in [0.29, 0.717) is 0 Å². The van der Waals surface area contributed by atoms with E-state index in [1.807, 2.05) is 0 Å². The summed E-state index contributed by atoms with van der Waals surface area (Å²) in [6.45, 7) is 3.53. The number of hydrogen-bond acceptors (Lipinski definition) is 3. The van der Waals surface area contributed by atoms with Crippen molar-refractivity contribution >= 4 is 0 Å². The van der Waals surface area contributed by atoms with E-state index in [1.165, 1.54) is 50.8 Å². The summed E-state index contributed by atoms with van der Waals surface area (Å²) >= 11 is 0. The maximum absolute atomic E-state index is 5.51. The van der Waals surface area contributed by atoms with Crippen molar-refractivity contribution in [2.45, 2.75) is 50.7 Å². The lowest BCUT2D eigenvalue weighted by Gasteiger charge is -2.26. The molecule has 1 aromatic carbocycles. The van der Waals surface area contributed by atoms with Crippen LogP contribution in [0.25, 0.3) is 0 Å². The number of methoxy groups -OCH3 is 1. The molecule has 1 saturated heterocycles. The molecule has 0 N–H and O–H groups in total. The Balaban J connectivity index is 1.59. The molecule has 2 fully saturated rings. The Labute approximate surface area is 128 Å². The first kappa shape index (κ1) is 14.9. The summed E-state index contributed by atoms with van der Waals surface area (Å²) in [7, 11) is 4.05. The zero-order valence-electron chi connectivity index (χ0n) is 13.4. The van der Waals surface area contributed by atoms with Crippen LogP contribution in [-0.4, -0.2) is 49.1 Å². The Morgan fingerprint density at radius 2 is 2.05 bits per heavy atom. The van der Waals surface area contributed by atoms with E-state index in [0.717, 1.165) is 24.4 Å². The molecule has 1 aliphatic carbocycles. The van der Waals surface area contributed by atoms with Crippen molar-refractivity contribution in [3.05, 3.63) is 29.8 Å². The van der Waals surface area contributed by atoms with Crippen molar-refractivity contribution in [2.24, 2.45) is 0 Å². The quantitative estimate of drug-likeness (QED) is 0.766. The number of ether oxygens (including phenoxy) is 1. The normalized spacial score (nSPS) is 22.9. The van der Waals surface area contributed by atoms with Gasteiger partial charge in [0.25, 0.3) is 0 Å². The molecule has 0 spiro atoms. The molecule has 0 bridgehead atoms. The van der Waals surface area contributed by atoms with Crippen molar-refractivity contribution < 1.29 is 4.74 Å². The van der Waals surface area contributed by atoms with Crippen LogP contribution in [0, 0.1) is 0 Å². The van der Waals surface area contributed by atoms with Gasteiger partial charge in [-0.15, -0.1) is 0 Å². The minimum Gasteiger partial charge on any atom is -0.496 e. The number of para-hydroxylation sites is 1. The van der Waals surface area contributed by atoms with Crippen LogP contribution in [0.1, 0.15) is 37.7 Å². The SMILES string of the molecule is COc1ccccc1CN(CC[C@@H]1CCCN1C)C1CC1. The molecule has 0 amide bonds. The minimum absolute atomic E-state index is 0.795. The second-order valence-electron chi connectivity index (χ2n) is 6.58. The second-order valence-corrected chi connectivity index (χ2v) is 6.58. The fourth-order valence-electron chi connectivity index (χ4n) is 3.54. The molecule has 1 atom stereocenters. The van der Waals surface area contributed by atoms with Gasteiger partial charge in [-0.3, -0.25) is 4.90 Å². The topological polar surface area (TPSA) is 15.7 Å². The molecule has 3 nitrogen and oxygen atoms in total. The van der Waals surface area contributed by atoms with Gasteiger partial charge in [-0.2, -0.15) is 0 Å². The molecule has 2 aliphatic rings. The van der Waals surface area contributed by atoms with E-state index in [4.69, 9.17) is 4.74 Å². The van der Waals surface area contributed by atoms with Gasteiger partial charge in [0.05, 0.1) is 7.11 Å². The Kier molecular flexibility index (Phi) is 4.81. The van der Waals surface area contributed by atoms with Gasteiger partial charge in [-0.1, -0.05) is 18.2 Å². The lowest BCUT2D eigenvalue weighted by molar-refractivity contribution is 0.208. The summed E-state index contributed by atoms with van der Waals surface area (Å²) in [6, 6.07) is 10.1. The zero-order chi connectivity index (χ0) is 14.7. The number of benzene rings is 1. The molecule has 1 aliphatic heterocycles. The van der Waals surface area contributed by atoms with E-state index in [2.05, 4.69) is 41.1 Å². The average molecular weight is 288 g/mol. The van der Waals surface area contributed by atoms with Gasteiger partial charge in [0.15, 0.2) is 0 Å². The summed E-state index contributed by atoms with van der Waals surface area (Å²) in [5, 5.41) is 0. The van der Waals surface area contributed by atoms with Crippen LogP contribution in [0.2, 0.25) is 0 Å². The van der Waals surface area contributed by atoms with Gasteiger partial charge >= 0.3 is 0 Å². The molecular formula is C18H28N2O. The van der Waals surface area contributed by atoms with Crippen molar-refractivity contribution in [1.29, 1.82) is 0 Å². The first-order valence-corrected chi connectivity index (χ1v) is 8.34. The molecule has 0 aromatic heterocycles. The van der Waals surface area contributed by atoms with E-state index in [-0.39, 0.29) is 0 Å². The monoisotopic (exact) mass is 288 g/mol. The molecule has 1 heterocycles. The van der Waals surface area contributed by atoms with Crippen LogP contribution < -0.4 is 4.74 Å². The Bertz CT molecular complexity index is 458. The molecule has 1 saturated carbocycles. The number of rotatable bonds is 7. The third-order valence-electron chi connectivity index (χ3n) is 5.05. The fourth-order valence-corrected chi connectivity index (χ4v) is 3.54. The van der Waals surface area contributed by atoms with Crippen LogP contribution in [0.4, 0.5) is 0 Å². The molecule has 0 radical (unpaired) electrons. The van der Waals surface area contributed by atoms with Crippen molar-refractivity contribution in [2.75, 3.05) is 27.2 Å². The van der Waals surface area contributed by atoms with Crippen LogP contribution in [0.5, 0.6) is 5.75 Å². The van der Waals surface area contributed by atoms with Crippen LogP contribution in [0.3, 0.4) is 0 Å². The van der Waals surface area contributed by atoms with Gasteiger partial charge < -0.3 is 9.64 Å². The van der Waals surface area contributed by atoms with Gasteiger partial charge in [0.1, 0.15) is 5.75 Å². The third kappa shape index (κ3) is 3.78. The van der Waals surface area contributed by atoms with Gasteiger partial charge in [0, 0.05) is 30.7 Å². The van der Waals surface area contributed by atoms with Crippen LogP contribution in [-0.2, 0) is 6.54 Å². The van der Waals surface area contributed by atoms with Crippen molar-refractivity contribution in [3.63, 3.8) is 0 Å². The highest BCUT2D eigenvalue weighted by molar-refractivity contribution is 5.33. The summed E-state index contributed by atoms with van der Waals surface area (Å²) in [5.41, 5.74) is 1.33. The number of nitrogens with zero attached hydrogens (tertiary/aromatic N) is 2. The van der Waals surface area contributed by atoms with Gasteiger partial charge in [-0.25, -0.2) is 0 Å². The van der Waals surface area contributed by atoms with Gasteiger partial charge in [0.2, 0.25) is 0 Å². The summed E-state index contributed by atoms with van der Waals surface area (Å²) in [4.78, 5) is 5.21. The smallest absolute Gasteiger partial charge is 0.123 e. The van der Waals surface area contributed by atoms with Crippen LogP contribution in [0.15, 0.2) is 24.3 Å². The molecule has 21 heavy (non-hydrogen) atoms. The largest absolute Gasteiger partial charge is 0.496 e. The molecular weight excluding hydrogens is 260 g/mol. The Hall–Kier alpha value is -1.06. The lowest BCUT2D eigenvalue weighted by atomic mass is 10.1. The summed E-state index contributed by atoms with van der Waals surface area (Å²) < 4.78 is 5.51. The predicted octanol–water partition coefficient (Wildman–Crippen LogP) is 3.14. The van der Waals surface area contributed by atoms with Crippen molar-refractivity contribution in [1.82, 2.24) is 9.80 Å². The molecule has 3 rings (SSSR count). The fraction of sp³-hybridized carbons (Fsp3) is 0.667. The van der Waals surface area contributed by atoms with Crippen LogP contribution >= 0.6 is 0 Å². The highest BCUT2D eigenvalue weighted by Gasteiger charge is 2.30. The maximum Gasteiger partial charge on any atom is 0.123 e. The van der Waals surface area contributed by atoms with E-state index in [1.54, 1.807) is 7.11 Å². The Morgan fingerprint density at radius 1 is 1.24 bits per heavy atom. The predicted molar refractivity (Wildman–Crippen MR) is 86.7 cm³/mol. The minimum atomic E-state index is 0.795. The highest BCUT2D eigenvalue weighted by atomic mass is 16.5. The molecule has 3 heteroatoms. The molecule has 0 unspecified atom stereocenters. The van der Waals surface area contributed by atoms with Gasteiger partial charge in [-0.05, 0) is 51.8 Å². The van der Waals surface area contributed by atoms with E-state index in [9.17, 15) is 0 Å². The van der Waals surface area contributed by atoms with E-state index < -0.39 is 0 Å². The first-order chi connectivity index (χ1) is 10.3. The second kappa shape index (κ2) is 6.80. The Morgan fingerprint density at radius 3 is 2.71 bits per heavy atom. The van der Waals surface area contributed by atoms with Crippen molar-refractivity contribution in [3.8, 4) is 5.75 Å². The zero-order valence-corrected chi connectivity index (χ0v) is 13.4. The van der Waals surface area contributed by atoms with E-state index >= 15 is 0 Å². The third-order valence-corrected chi connectivity index (χ3v) is 5.05. The number of hydrogen-bond donors (Lipinski definition) is 0. The highest BCUT2D eigenvalue weighted by Crippen LogP contribution is 2.31.